The lowest BCUT2D eigenvalue weighted by Gasteiger charge is -2.24. The normalized spacial score (nSPS) is 19.7. The minimum atomic E-state index is 0.835. The molecule has 0 fully saturated rings. The molecule has 0 aliphatic heterocycles. The molecule has 2 rings (SSSR count). The van der Waals surface area contributed by atoms with Gasteiger partial charge in [0.1, 0.15) is 0 Å². The molecule has 0 N–H and O–H groups in total. The maximum absolute atomic E-state index is 4.51. The third-order valence-corrected chi connectivity index (χ3v) is 3.76. The summed E-state index contributed by atoms with van der Waals surface area (Å²) in [6.07, 6.45) is 10.7. The molecule has 1 aromatic heterocycles. The van der Waals surface area contributed by atoms with Gasteiger partial charge in [-0.25, -0.2) is 0 Å². The zero-order valence-electron chi connectivity index (χ0n) is 11.9. The fourth-order valence-electron chi connectivity index (χ4n) is 2.69. The number of aryl methyl sites for hydroxylation is 2. The highest BCUT2D eigenvalue weighted by atomic mass is 15.3. The number of hydrogen-bond acceptors (Lipinski definition) is 2. The van der Waals surface area contributed by atoms with Crippen LogP contribution in [0.3, 0.4) is 0 Å². The molecule has 1 aliphatic rings. The molecule has 0 saturated heterocycles. The Hall–Kier alpha value is -1.09. The Balaban J connectivity index is 1.87. The highest BCUT2D eigenvalue weighted by molar-refractivity contribution is 5.15. The van der Waals surface area contributed by atoms with E-state index < -0.39 is 0 Å². The number of hydrogen-bond donors (Lipinski definition) is 0. The molecule has 3 heteroatoms. The molecule has 0 saturated carbocycles. The minimum Gasteiger partial charge on any atom is -0.302 e. The van der Waals surface area contributed by atoms with Crippen LogP contribution in [0.15, 0.2) is 18.3 Å². The van der Waals surface area contributed by atoms with Crippen LogP contribution in [0, 0.1) is 12.8 Å². The summed E-state index contributed by atoms with van der Waals surface area (Å²) in [6, 6.07) is 0. The molecule has 0 aromatic carbocycles. The number of aromatic nitrogens is 2. The van der Waals surface area contributed by atoms with Crippen LogP contribution in [0.25, 0.3) is 0 Å². The summed E-state index contributed by atoms with van der Waals surface area (Å²) in [5.74, 6) is 0.835. The van der Waals surface area contributed by atoms with Crippen LogP contribution in [0.2, 0.25) is 0 Å². The third-order valence-electron chi connectivity index (χ3n) is 3.76. The van der Waals surface area contributed by atoms with Gasteiger partial charge >= 0.3 is 0 Å². The van der Waals surface area contributed by atoms with Crippen molar-refractivity contribution < 1.29 is 0 Å². The predicted octanol–water partition coefficient (Wildman–Crippen LogP) is 3.00. The van der Waals surface area contributed by atoms with Gasteiger partial charge in [0.05, 0.1) is 5.69 Å². The molecule has 0 amide bonds. The van der Waals surface area contributed by atoms with E-state index in [4.69, 9.17) is 0 Å². The second-order valence-corrected chi connectivity index (χ2v) is 5.44. The van der Waals surface area contributed by atoms with Crippen LogP contribution in [0.1, 0.15) is 37.4 Å². The van der Waals surface area contributed by atoms with Crippen molar-refractivity contribution in [3.8, 4) is 0 Å². The van der Waals surface area contributed by atoms with E-state index >= 15 is 0 Å². The van der Waals surface area contributed by atoms with Gasteiger partial charge in [-0.15, -0.1) is 0 Å². The van der Waals surface area contributed by atoms with E-state index in [-0.39, 0.29) is 0 Å². The smallest absolute Gasteiger partial charge is 0.0638 e. The van der Waals surface area contributed by atoms with Crippen LogP contribution in [0.4, 0.5) is 0 Å². The molecule has 0 radical (unpaired) electrons. The Morgan fingerprint density at radius 1 is 1.44 bits per heavy atom. The highest BCUT2D eigenvalue weighted by Crippen LogP contribution is 2.19. The van der Waals surface area contributed by atoms with Gasteiger partial charge in [-0.2, -0.15) is 5.10 Å². The minimum absolute atomic E-state index is 0.835. The van der Waals surface area contributed by atoms with Crippen LogP contribution < -0.4 is 0 Å². The van der Waals surface area contributed by atoms with E-state index in [1.54, 1.807) is 0 Å². The lowest BCUT2D eigenvalue weighted by atomic mass is 9.94. The van der Waals surface area contributed by atoms with Crippen LogP contribution in [-0.4, -0.2) is 28.3 Å². The molecule has 100 valence electrons. The summed E-state index contributed by atoms with van der Waals surface area (Å²) in [5.41, 5.74) is 2.54. The Morgan fingerprint density at radius 3 is 2.89 bits per heavy atom. The van der Waals surface area contributed by atoms with E-state index in [2.05, 4.69) is 49.2 Å². The lowest BCUT2D eigenvalue weighted by molar-refractivity contribution is 0.258. The van der Waals surface area contributed by atoms with E-state index in [1.165, 1.54) is 37.1 Å². The molecule has 1 aliphatic carbocycles. The quantitative estimate of drug-likeness (QED) is 0.746. The molecular weight excluding hydrogens is 222 g/mol. The second kappa shape index (κ2) is 6.19. The van der Waals surface area contributed by atoms with Crippen molar-refractivity contribution in [2.45, 2.75) is 46.2 Å². The molecule has 0 unspecified atom stereocenters. The van der Waals surface area contributed by atoms with E-state index in [1.807, 2.05) is 4.68 Å². The molecular formula is C15H25N3. The van der Waals surface area contributed by atoms with Crippen molar-refractivity contribution in [1.29, 1.82) is 0 Å². The first-order valence-electron chi connectivity index (χ1n) is 7.05. The van der Waals surface area contributed by atoms with Gasteiger partial charge in [0, 0.05) is 31.4 Å². The van der Waals surface area contributed by atoms with Gasteiger partial charge in [-0.05, 0) is 46.1 Å². The first-order valence-corrected chi connectivity index (χ1v) is 7.05. The lowest BCUT2D eigenvalue weighted by Crippen LogP contribution is -2.26. The summed E-state index contributed by atoms with van der Waals surface area (Å²) in [4.78, 5) is 2.44. The summed E-state index contributed by atoms with van der Waals surface area (Å²) >= 11 is 0. The topological polar surface area (TPSA) is 21.1 Å². The molecule has 18 heavy (non-hydrogen) atoms. The SMILES string of the molecule is CCn1cc(CN(C)C[C@@H]2CC=CCC2)c(C)n1. The Bertz CT molecular complexity index is 406. The first-order chi connectivity index (χ1) is 8.69. The van der Waals surface area contributed by atoms with Crippen molar-refractivity contribution in [3.63, 3.8) is 0 Å². The summed E-state index contributed by atoms with van der Waals surface area (Å²) in [5, 5.41) is 4.51. The van der Waals surface area contributed by atoms with Crippen molar-refractivity contribution >= 4 is 0 Å². The Kier molecular flexibility index (Phi) is 4.59. The standard InChI is InChI=1S/C15H25N3/c1-4-18-12-15(13(2)16-18)11-17(3)10-14-8-6-5-7-9-14/h5-6,12,14H,4,7-11H2,1-3H3/t14-/m1/s1. The summed E-state index contributed by atoms with van der Waals surface area (Å²) in [7, 11) is 2.22. The fraction of sp³-hybridized carbons (Fsp3) is 0.667. The van der Waals surface area contributed by atoms with Gasteiger partial charge in [0.2, 0.25) is 0 Å². The molecule has 1 atom stereocenters. The Morgan fingerprint density at radius 2 is 2.28 bits per heavy atom. The number of rotatable bonds is 5. The number of allylic oxidation sites excluding steroid dienone is 2. The monoisotopic (exact) mass is 247 g/mol. The van der Waals surface area contributed by atoms with Crippen molar-refractivity contribution in [1.82, 2.24) is 14.7 Å². The zero-order chi connectivity index (χ0) is 13.0. The van der Waals surface area contributed by atoms with Gasteiger partial charge in [0.25, 0.3) is 0 Å². The molecule has 1 heterocycles. The maximum atomic E-state index is 4.51. The predicted molar refractivity (Wildman–Crippen MR) is 75.5 cm³/mol. The summed E-state index contributed by atoms with van der Waals surface area (Å²) in [6.45, 7) is 7.41. The average molecular weight is 247 g/mol. The van der Waals surface area contributed by atoms with E-state index in [9.17, 15) is 0 Å². The Labute approximate surface area is 110 Å². The van der Waals surface area contributed by atoms with Gasteiger partial charge < -0.3 is 4.90 Å². The van der Waals surface area contributed by atoms with Crippen LogP contribution in [0.5, 0.6) is 0 Å². The average Bonchev–Trinajstić information content (AvgIpc) is 2.71. The van der Waals surface area contributed by atoms with Crippen molar-refractivity contribution in [2.24, 2.45) is 5.92 Å². The highest BCUT2D eigenvalue weighted by Gasteiger charge is 2.14. The molecule has 1 aromatic rings. The maximum Gasteiger partial charge on any atom is 0.0638 e. The van der Waals surface area contributed by atoms with Gasteiger partial charge in [-0.3, -0.25) is 4.68 Å². The first kappa shape index (κ1) is 13.3. The molecule has 0 spiro atoms. The van der Waals surface area contributed by atoms with Crippen LogP contribution >= 0.6 is 0 Å². The zero-order valence-corrected chi connectivity index (χ0v) is 11.9. The van der Waals surface area contributed by atoms with E-state index in [0.29, 0.717) is 0 Å². The van der Waals surface area contributed by atoms with Gasteiger partial charge in [-0.1, -0.05) is 12.2 Å². The summed E-state index contributed by atoms with van der Waals surface area (Å²) < 4.78 is 2.03. The second-order valence-electron chi connectivity index (χ2n) is 5.44. The number of nitrogens with zero attached hydrogens (tertiary/aromatic N) is 3. The van der Waals surface area contributed by atoms with Crippen molar-refractivity contribution in [2.75, 3.05) is 13.6 Å². The fourth-order valence-corrected chi connectivity index (χ4v) is 2.69. The van der Waals surface area contributed by atoms with E-state index in [0.717, 1.165) is 19.0 Å². The molecule has 0 bridgehead atoms. The van der Waals surface area contributed by atoms with Crippen molar-refractivity contribution in [3.05, 3.63) is 29.6 Å². The largest absolute Gasteiger partial charge is 0.302 e. The molecule has 3 nitrogen and oxygen atoms in total. The third kappa shape index (κ3) is 3.45. The van der Waals surface area contributed by atoms with Crippen LogP contribution in [-0.2, 0) is 13.1 Å². The van der Waals surface area contributed by atoms with Gasteiger partial charge in [0.15, 0.2) is 0 Å².